The van der Waals surface area contributed by atoms with Crippen LogP contribution >= 0.6 is 0 Å². The van der Waals surface area contributed by atoms with E-state index in [1.165, 1.54) is 19.3 Å². The van der Waals surface area contributed by atoms with Crippen molar-refractivity contribution in [2.24, 2.45) is 5.92 Å². The normalized spacial score (nSPS) is 18.2. The van der Waals surface area contributed by atoms with E-state index >= 15 is 0 Å². The smallest absolute Gasteiger partial charge is 0.255 e. The van der Waals surface area contributed by atoms with Crippen LogP contribution in [0, 0.1) is 12.8 Å². The van der Waals surface area contributed by atoms with Crippen LogP contribution in [0.25, 0.3) is 0 Å². The number of aryl methyl sites for hydroxylation is 1. The molecular weight excluding hydrogens is 350 g/mol. The average molecular weight is 377 g/mol. The third-order valence-corrected chi connectivity index (χ3v) is 6.07. The first-order valence-corrected chi connectivity index (χ1v) is 10.3. The summed E-state index contributed by atoms with van der Waals surface area (Å²) >= 11 is 0. The zero-order valence-electron chi connectivity index (χ0n) is 16.4. The van der Waals surface area contributed by atoms with Gasteiger partial charge < -0.3 is 4.90 Å². The van der Waals surface area contributed by atoms with Gasteiger partial charge in [-0.05, 0) is 30.9 Å². The van der Waals surface area contributed by atoms with Crippen molar-refractivity contribution in [3.05, 3.63) is 59.2 Å². The first-order valence-electron chi connectivity index (χ1n) is 10.3. The molecule has 2 aliphatic rings. The number of nitrogens with zero attached hydrogens (tertiary/aromatic N) is 3. The minimum absolute atomic E-state index is 0.0141. The van der Waals surface area contributed by atoms with Crippen LogP contribution in [-0.2, 0) is 17.8 Å². The highest BCUT2D eigenvalue weighted by Crippen LogP contribution is 2.32. The van der Waals surface area contributed by atoms with E-state index in [1.807, 2.05) is 31.2 Å². The lowest BCUT2D eigenvalue weighted by Gasteiger charge is -2.31. The predicted molar refractivity (Wildman–Crippen MR) is 107 cm³/mol. The number of fused-ring (bicyclic) bond motifs is 1. The number of Topliss-reactive ketones (excluding diaryl/α,β-unsaturated/α-hetero) is 1. The molecule has 146 valence electrons. The van der Waals surface area contributed by atoms with Gasteiger partial charge in [0.15, 0.2) is 5.78 Å². The third-order valence-electron chi connectivity index (χ3n) is 6.07. The van der Waals surface area contributed by atoms with E-state index in [0.29, 0.717) is 18.2 Å². The van der Waals surface area contributed by atoms with Crippen molar-refractivity contribution >= 4 is 11.7 Å². The molecule has 5 nitrogen and oxygen atoms in total. The molecule has 0 radical (unpaired) electrons. The summed E-state index contributed by atoms with van der Waals surface area (Å²) in [6, 6.07) is 7.31. The number of aromatic nitrogens is 2. The van der Waals surface area contributed by atoms with Crippen molar-refractivity contribution in [1.82, 2.24) is 14.9 Å². The van der Waals surface area contributed by atoms with Gasteiger partial charge in [-0.15, -0.1) is 0 Å². The summed E-state index contributed by atoms with van der Waals surface area (Å²) in [6.45, 7) is 2.41. The van der Waals surface area contributed by atoms with Crippen LogP contribution in [0.15, 0.2) is 36.7 Å². The third kappa shape index (κ3) is 3.98. The van der Waals surface area contributed by atoms with E-state index in [0.717, 1.165) is 36.1 Å². The van der Waals surface area contributed by atoms with E-state index in [2.05, 4.69) is 9.97 Å². The Hall–Kier alpha value is -2.56. The summed E-state index contributed by atoms with van der Waals surface area (Å²) in [4.78, 5) is 36.7. The molecule has 1 amide bonds. The number of hydrogen-bond donors (Lipinski definition) is 0. The molecule has 0 spiro atoms. The van der Waals surface area contributed by atoms with Crippen molar-refractivity contribution < 1.29 is 9.59 Å². The van der Waals surface area contributed by atoms with Crippen LogP contribution in [-0.4, -0.2) is 32.6 Å². The summed E-state index contributed by atoms with van der Waals surface area (Å²) in [7, 11) is 0. The molecule has 4 rings (SSSR count). The Kier molecular flexibility index (Phi) is 5.51. The van der Waals surface area contributed by atoms with Crippen molar-refractivity contribution in [1.29, 1.82) is 0 Å². The first kappa shape index (κ1) is 18.8. The second-order valence-corrected chi connectivity index (χ2v) is 8.14. The average Bonchev–Trinajstić information content (AvgIpc) is 3.05. The van der Waals surface area contributed by atoms with Gasteiger partial charge in [-0.3, -0.25) is 19.6 Å². The van der Waals surface area contributed by atoms with Crippen LogP contribution in [0.1, 0.15) is 65.8 Å². The van der Waals surface area contributed by atoms with E-state index in [-0.39, 0.29) is 24.2 Å². The molecule has 1 unspecified atom stereocenters. The standard InChI is InChI=1S/C23H27N3O2/c1-16-13-25-19(14-24-16)12-22(27)21(11-17-7-3-2-4-8-17)26-15-18-9-5-6-10-20(18)23(26)28/h5-6,9-10,13-14,17,21H,2-4,7-8,11-12,15H2,1H3. The monoisotopic (exact) mass is 377 g/mol. The van der Waals surface area contributed by atoms with Crippen molar-refractivity contribution in [2.75, 3.05) is 0 Å². The highest BCUT2D eigenvalue weighted by molar-refractivity contribution is 6.01. The minimum atomic E-state index is -0.383. The summed E-state index contributed by atoms with van der Waals surface area (Å²) in [5.74, 6) is 0.577. The molecule has 1 aromatic heterocycles. The molecule has 1 aliphatic carbocycles. The van der Waals surface area contributed by atoms with Crippen molar-refractivity contribution in [2.45, 2.75) is 64.5 Å². The van der Waals surface area contributed by atoms with Crippen LogP contribution in [0.4, 0.5) is 0 Å². The fraction of sp³-hybridized carbons (Fsp3) is 0.478. The maximum atomic E-state index is 13.3. The molecule has 1 fully saturated rings. The highest BCUT2D eigenvalue weighted by Gasteiger charge is 2.37. The van der Waals surface area contributed by atoms with E-state index < -0.39 is 0 Å². The number of rotatable bonds is 6. The number of carbonyl (C=O) groups excluding carboxylic acids is 2. The molecule has 28 heavy (non-hydrogen) atoms. The SMILES string of the molecule is Cc1cnc(CC(=O)C(CC2CCCCC2)N2Cc3ccccc3C2=O)cn1. The number of hydrogen-bond acceptors (Lipinski definition) is 4. The van der Waals surface area contributed by atoms with Crippen LogP contribution in [0.5, 0.6) is 0 Å². The van der Waals surface area contributed by atoms with Crippen molar-refractivity contribution in [3.63, 3.8) is 0 Å². The summed E-state index contributed by atoms with van der Waals surface area (Å²) < 4.78 is 0. The number of amides is 1. The van der Waals surface area contributed by atoms with Gasteiger partial charge in [0.25, 0.3) is 5.91 Å². The van der Waals surface area contributed by atoms with Gasteiger partial charge in [0.1, 0.15) is 0 Å². The highest BCUT2D eigenvalue weighted by atomic mass is 16.2. The van der Waals surface area contributed by atoms with Crippen LogP contribution in [0.2, 0.25) is 0 Å². The maximum Gasteiger partial charge on any atom is 0.255 e. The van der Waals surface area contributed by atoms with Gasteiger partial charge in [0, 0.05) is 24.5 Å². The lowest BCUT2D eigenvalue weighted by Crippen LogP contribution is -2.43. The van der Waals surface area contributed by atoms with Gasteiger partial charge in [-0.1, -0.05) is 50.3 Å². The van der Waals surface area contributed by atoms with Gasteiger partial charge in [-0.2, -0.15) is 0 Å². The Bertz CT molecular complexity index is 856. The molecule has 2 aromatic rings. The molecule has 1 atom stereocenters. The Balaban J connectivity index is 1.55. The van der Waals surface area contributed by atoms with Gasteiger partial charge >= 0.3 is 0 Å². The molecule has 2 heterocycles. The molecule has 1 aromatic carbocycles. The topological polar surface area (TPSA) is 63.2 Å². The molecule has 1 saturated carbocycles. The Morgan fingerprint density at radius 2 is 1.93 bits per heavy atom. The Labute approximate surface area is 166 Å². The molecular formula is C23H27N3O2. The predicted octanol–water partition coefficient (Wildman–Crippen LogP) is 3.89. The van der Waals surface area contributed by atoms with E-state index in [1.54, 1.807) is 17.3 Å². The van der Waals surface area contributed by atoms with E-state index in [9.17, 15) is 9.59 Å². The van der Waals surface area contributed by atoms with Gasteiger partial charge in [-0.25, -0.2) is 0 Å². The Morgan fingerprint density at radius 3 is 2.64 bits per heavy atom. The summed E-state index contributed by atoms with van der Waals surface area (Å²) in [6.07, 6.45) is 10.4. The number of benzene rings is 1. The summed E-state index contributed by atoms with van der Waals surface area (Å²) in [5.41, 5.74) is 3.26. The second kappa shape index (κ2) is 8.21. The number of ketones is 1. The molecule has 0 N–H and O–H groups in total. The molecule has 1 aliphatic heterocycles. The Morgan fingerprint density at radius 1 is 1.14 bits per heavy atom. The van der Waals surface area contributed by atoms with Crippen LogP contribution in [0.3, 0.4) is 0 Å². The van der Waals surface area contributed by atoms with Crippen LogP contribution < -0.4 is 0 Å². The van der Waals surface area contributed by atoms with Crippen molar-refractivity contribution in [3.8, 4) is 0 Å². The first-order chi connectivity index (χ1) is 13.6. The largest absolute Gasteiger partial charge is 0.324 e. The lowest BCUT2D eigenvalue weighted by molar-refractivity contribution is -0.123. The second-order valence-electron chi connectivity index (χ2n) is 8.14. The number of carbonyl (C=O) groups is 2. The van der Waals surface area contributed by atoms with Gasteiger partial charge in [0.05, 0.1) is 23.9 Å². The zero-order valence-corrected chi connectivity index (χ0v) is 16.4. The fourth-order valence-corrected chi connectivity index (χ4v) is 4.51. The molecule has 0 bridgehead atoms. The lowest BCUT2D eigenvalue weighted by atomic mass is 9.83. The van der Waals surface area contributed by atoms with Gasteiger partial charge in [0.2, 0.25) is 0 Å². The maximum absolute atomic E-state index is 13.3. The fourth-order valence-electron chi connectivity index (χ4n) is 4.51. The summed E-state index contributed by atoms with van der Waals surface area (Å²) in [5, 5.41) is 0. The molecule has 5 heteroatoms. The zero-order chi connectivity index (χ0) is 19.5. The quantitative estimate of drug-likeness (QED) is 0.766. The molecule has 0 saturated heterocycles. The van der Waals surface area contributed by atoms with E-state index in [4.69, 9.17) is 0 Å². The minimum Gasteiger partial charge on any atom is -0.324 e.